The quantitative estimate of drug-likeness (QED) is 0.467. The minimum Gasteiger partial charge on any atom is -0.393 e. The number of rotatable bonds is 5. The van der Waals surface area contributed by atoms with E-state index in [0.29, 0.717) is 21.7 Å². The first-order valence-electron chi connectivity index (χ1n) is 14.1. The molecule has 9 atom stereocenters. The molecule has 0 aromatic heterocycles. The van der Waals surface area contributed by atoms with Gasteiger partial charge in [-0.15, -0.1) is 0 Å². The first-order valence-corrected chi connectivity index (χ1v) is 14.1. The van der Waals surface area contributed by atoms with Gasteiger partial charge in [0.2, 0.25) is 0 Å². The molecule has 0 aromatic rings. The molecule has 0 bridgehead atoms. The van der Waals surface area contributed by atoms with Gasteiger partial charge in [-0.3, -0.25) is 0 Å². The average molecular weight is 429 g/mol. The Morgan fingerprint density at radius 1 is 0.742 bits per heavy atom. The van der Waals surface area contributed by atoms with Gasteiger partial charge in [-0.25, -0.2) is 0 Å². The molecular formula is C30H52O. The Bertz CT molecular complexity index is 709. The molecule has 1 unspecified atom stereocenters. The number of hydrogen-bond acceptors (Lipinski definition) is 1. The largest absolute Gasteiger partial charge is 0.393 e. The summed E-state index contributed by atoms with van der Waals surface area (Å²) in [4.78, 5) is 0. The summed E-state index contributed by atoms with van der Waals surface area (Å²) in [5, 5.41) is 10.8. The van der Waals surface area contributed by atoms with Crippen LogP contribution in [-0.4, -0.2) is 11.2 Å². The Hall–Kier alpha value is -0.0400. The molecule has 5 saturated carbocycles. The van der Waals surface area contributed by atoms with E-state index in [0.717, 1.165) is 36.0 Å². The molecule has 0 aliphatic heterocycles. The topological polar surface area (TPSA) is 20.2 Å². The summed E-state index contributed by atoms with van der Waals surface area (Å²) in [5.74, 6) is 4.41. The standard InChI is InChI=1S/C30H52O/c1-20(2)9-8-10-21(3)22-13-15-28(7)24-12-11-23-26(4,5)25(31)14-16-29(23)19-30(24,29)18-17-27(22,28)6/h20-25,31H,8-19H2,1-7H3/t21-,22-,23+,24?,25+,27-,28+,29-,30+/m1/s1. The molecule has 1 nitrogen and oxygen atoms in total. The Morgan fingerprint density at radius 3 is 2.13 bits per heavy atom. The van der Waals surface area contributed by atoms with Crippen LogP contribution in [0.15, 0.2) is 0 Å². The van der Waals surface area contributed by atoms with Crippen LogP contribution in [0, 0.1) is 56.7 Å². The molecule has 5 aliphatic rings. The second-order valence-electron chi connectivity index (χ2n) is 14.8. The minimum atomic E-state index is -0.0793. The lowest BCUT2D eigenvalue weighted by atomic mass is 9.41. The molecular weight excluding hydrogens is 376 g/mol. The van der Waals surface area contributed by atoms with Crippen molar-refractivity contribution in [1.82, 2.24) is 0 Å². The van der Waals surface area contributed by atoms with E-state index in [1.807, 2.05) is 0 Å². The lowest BCUT2D eigenvalue weighted by Gasteiger charge is -2.63. The molecule has 5 aliphatic carbocycles. The Morgan fingerprint density at radius 2 is 1.42 bits per heavy atom. The van der Waals surface area contributed by atoms with Crippen molar-refractivity contribution in [2.45, 2.75) is 132 Å². The predicted molar refractivity (Wildman–Crippen MR) is 131 cm³/mol. The summed E-state index contributed by atoms with van der Waals surface area (Å²) in [7, 11) is 0. The van der Waals surface area contributed by atoms with Gasteiger partial charge in [0.15, 0.2) is 0 Å². The normalized spacial score (nSPS) is 53.3. The fraction of sp³-hybridized carbons (Fsp3) is 1.00. The third-order valence-corrected chi connectivity index (χ3v) is 13.3. The minimum absolute atomic E-state index is 0.0793. The van der Waals surface area contributed by atoms with Crippen molar-refractivity contribution in [3.8, 4) is 0 Å². The highest BCUT2D eigenvalue weighted by Gasteiger charge is 2.82. The SMILES string of the molecule is CC(C)CCC[C@@H](C)[C@H]1CC[C@@]2(C)C3CC[C@H]4C(C)(C)[C@@H](O)CC[C@@]45C[C@@]35CC[C@]12C. The molecule has 1 N–H and O–H groups in total. The van der Waals surface area contributed by atoms with Gasteiger partial charge in [0.25, 0.3) is 0 Å². The Balaban J connectivity index is 1.39. The number of aliphatic hydroxyl groups is 1. The van der Waals surface area contributed by atoms with Crippen molar-refractivity contribution in [2.75, 3.05) is 0 Å². The zero-order chi connectivity index (χ0) is 22.4. The summed E-state index contributed by atoms with van der Waals surface area (Å²) in [6.45, 7) is 17.7. The molecule has 5 fully saturated rings. The van der Waals surface area contributed by atoms with Gasteiger partial charge in [-0.2, -0.15) is 0 Å². The second kappa shape index (κ2) is 6.99. The first-order chi connectivity index (χ1) is 14.4. The molecule has 1 heteroatoms. The van der Waals surface area contributed by atoms with E-state index in [4.69, 9.17) is 0 Å². The van der Waals surface area contributed by atoms with Crippen LogP contribution in [0.2, 0.25) is 0 Å². The van der Waals surface area contributed by atoms with E-state index in [2.05, 4.69) is 48.5 Å². The van der Waals surface area contributed by atoms with E-state index in [-0.39, 0.29) is 11.5 Å². The maximum atomic E-state index is 10.8. The van der Waals surface area contributed by atoms with Crippen molar-refractivity contribution in [3.63, 3.8) is 0 Å². The van der Waals surface area contributed by atoms with Gasteiger partial charge in [-0.05, 0) is 114 Å². The van der Waals surface area contributed by atoms with E-state index >= 15 is 0 Å². The second-order valence-corrected chi connectivity index (χ2v) is 14.8. The first kappa shape index (κ1) is 22.7. The number of aliphatic hydroxyl groups excluding tert-OH is 1. The fourth-order valence-electron chi connectivity index (χ4n) is 11.3. The number of fused-ring (bicyclic) bond motifs is 2. The van der Waals surface area contributed by atoms with Crippen LogP contribution in [0.3, 0.4) is 0 Å². The van der Waals surface area contributed by atoms with Crippen LogP contribution < -0.4 is 0 Å². The summed E-state index contributed by atoms with van der Waals surface area (Å²) in [6, 6.07) is 0. The molecule has 178 valence electrons. The molecule has 31 heavy (non-hydrogen) atoms. The van der Waals surface area contributed by atoms with Crippen LogP contribution in [0.25, 0.3) is 0 Å². The predicted octanol–water partition coefficient (Wildman–Crippen LogP) is 8.25. The summed E-state index contributed by atoms with van der Waals surface area (Å²) < 4.78 is 0. The van der Waals surface area contributed by atoms with Gasteiger partial charge >= 0.3 is 0 Å². The molecule has 0 saturated heterocycles. The van der Waals surface area contributed by atoms with Crippen LogP contribution in [0.1, 0.15) is 126 Å². The Labute approximate surface area is 193 Å². The molecule has 0 heterocycles. The lowest BCUT2D eigenvalue weighted by molar-refractivity contribution is -0.161. The van der Waals surface area contributed by atoms with Crippen LogP contribution >= 0.6 is 0 Å². The smallest absolute Gasteiger partial charge is 0.0594 e. The zero-order valence-corrected chi connectivity index (χ0v) is 21.9. The van der Waals surface area contributed by atoms with Gasteiger partial charge in [-0.1, -0.05) is 67.7 Å². The molecule has 5 rings (SSSR count). The third kappa shape index (κ3) is 2.77. The van der Waals surface area contributed by atoms with Crippen molar-refractivity contribution in [3.05, 3.63) is 0 Å². The molecule has 2 spiro atoms. The van der Waals surface area contributed by atoms with Crippen LogP contribution in [0.5, 0.6) is 0 Å². The summed E-state index contributed by atoms with van der Waals surface area (Å²) >= 11 is 0. The molecule has 0 aromatic carbocycles. The average Bonchev–Trinajstić information content (AvgIpc) is 3.27. The highest BCUT2D eigenvalue weighted by molar-refractivity contribution is 5.30. The van der Waals surface area contributed by atoms with Crippen LogP contribution in [-0.2, 0) is 0 Å². The van der Waals surface area contributed by atoms with Gasteiger partial charge in [0, 0.05) is 0 Å². The lowest BCUT2D eigenvalue weighted by Crippen LogP contribution is -2.57. The highest BCUT2D eigenvalue weighted by atomic mass is 16.3. The van der Waals surface area contributed by atoms with Crippen molar-refractivity contribution >= 4 is 0 Å². The molecule has 0 radical (unpaired) electrons. The van der Waals surface area contributed by atoms with Gasteiger partial charge < -0.3 is 5.11 Å². The Kier molecular flexibility index (Phi) is 5.13. The fourth-order valence-corrected chi connectivity index (χ4v) is 11.3. The third-order valence-electron chi connectivity index (χ3n) is 13.3. The van der Waals surface area contributed by atoms with Gasteiger partial charge in [0.05, 0.1) is 6.10 Å². The number of hydrogen-bond donors (Lipinski definition) is 1. The molecule has 0 amide bonds. The zero-order valence-electron chi connectivity index (χ0n) is 21.9. The summed E-state index contributed by atoms with van der Waals surface area (Å²) in [5.41, 5.74) is 2.45. The van der Waals surface area contributed by atoms with Gasteiger partial charge in [0.1, 0.15) is 0 Å². The highest BCUT2D eigenvalue weighted by Crippen LogP contribution is 2.89. The summed E-state index contributed by atoms with van der Waals surface area (Å²) in [6.07, 6.45) is 16.9. The van der Waals surface area contributed by atoms with Crippen LogP contribution in [0.4, 0.5) is 0 Å². The van der Waals surface area contributed by atoms with E-state index in [1.165, 1.54) is 70.6 Å². The monoisotopic (exact) mass is 428 g/mol. The van der Waals surface area contributed by atoms with E-state index in [1.54, 1.807) is 0 Å². The van der Waals surface area contributed by atoms with Crippen molar-refractivity contribution < 1.29 is 5.11 Å². The van der Waals surface area contributed by atoms with E-state index in [9.17, 15) is 5.11 Å². The maximum Gasteiger partial charge on any atom is 0.0594 e. The maximum absolute atomic E-state index is 10.8. The van der Waals surface area contributed by atoms with Crippen molar-refractivity contribution in [2.24, 2.45) is 56.7 Å². The van der Waals surface area contributed by atoms with Crippen molar-refractivity contribution in [1.29, 1.82) is 0 Å². The van der Waals surface area contributed by atoms with E-state index < -0.39 is 0 Å².